The van der Waals surface area contributed by atoms with Crippen molar-refractivity contribution in [3.63, 3.8) is 0 Å². The predicted octanol–water partition coefficient (Wildman–Crippen LogP) is 3.18. The van der Waals surface area contributed by atoms with Crippen molar-refractivity contribution in [3.8, 4) is 5.75 Å². The van der Waals surface area contributed by atoms with Crippen molar-refractivity contribution in [2.45, 2.75) is 32.3 Å². The summed E-state index contributed by atoms with van der Waals surface area (Å²) >= 11 is 0. The van der Waals surface area contributed by atoms with Crippen molar-refractivity contribution in [1.82, 2.24) is 4.90 Å². The van der Waals surface area contributed by atoms with E-state index in [0.717, 1.165) is 31.6 Å². The minimum atomic E-state index is -4.64. The molecule has 7 heteroatoms. The molecule has 1 aromatic rings. The quantitative estimate of drug-likeness (QED) is 0.924. The van der Waals surface area contributed by atoms with E-state index in [-0.39, 0.29) is 24.2 Å². The molecule has 1 heterocycles. The van der Waals surface area contributed by atoms with Crippen LogP contribution < -0.4 is 10.5 Å². The van der Waals surface area contributed by atoms with Gasteiger partial charge in [0.25, 0.3) is 0 Å². The minimum Gasteiger partial charge on any atom is -0.406 e. The molecule has 2 unspecified atom stereocenters. The fourth-order valence-electron chi connectivity index (χ4n) is 2.49. The van der Waals surface area contributed by atoms with E-state index >= 15 is 0 Å². The molecule has 0 bridgehead atoms. The van der Waals surface area contributed by atoms with Crippen LogP contribution >= 0.6 is 12.4 Å². The number of benzene rings is 1. The highest BCUT2D eigenvalue weighted by molar-refractivity contribution is 5.85. The topological polar surface area (TPSA) is 38.5 Å². The molecule has 2 N–H and O–H groups in total. The van der Waals surface area contributed by atoms with Gasteiger partial charge in [0.2, 0.25) is 0 Å². The molecule has 1 aliphatic heterocycles. The van der Waals surface area contributed by atoms with Gasteiger partial charge in [-0.15, -0.1) is 25.6 Å². The monoisotopic (exact) mass is 324 g/mol. The third-order valence-electron chi connectivity index (χ3n) is 3.62. The summed E-state index contributed by atoms with van der Waals surface area (Å²) in [6.07, 6.45) is -3.56. The Hall–Kier alpha value is -0.980. The number of likely N-dealkylation sites (tertiary alicyclic amines) is 1. The lowest BCUT2D eigenvalue weighted by atomic mass is 10.0. The largest absolute Gasteiger partial charge is 0.573 e. The number of nitrogens with zero attached hydrogens (tertiary/aromatic N) is 1. The first-order chi connectivity index (χ1) is 9.33. The second-order valence-electron chi connectivity index (χ2n) is 5.33. The van der Waals surface area contributed by atoms with Crippen LogP contribution in [0.15, 0.2) is 24.3 Å². The molecule has 120 valence electrons. The van der Waals surface area contributed by atoms with Gasteiger partial charge in [0.1, 0.15) is 5.75 Å². The Labute approximate surface area is 128 Å². The number of nitrogens with two attached hydrogens (primary N) is 1. The first kappa shape index (κ1) is 18.1. The smallest absolute Gasteiger partial charge is 0.406 e. The Morgan fingerprint density at radius 1 is 1.33 bits per heavy atom. The standard InChI is InChI=1S/C14H19F3N2O.ClH/c1-10(18)12-6-7-19(9-12)8-11-2-4-13(5-3-11)20-14(15,16)17;/h2-5,10,12H,6-9,18H2,1H3;1H. The van der Waals surface area contributed by atoms with Crippen LogP contribution in [0.1, 0.15) is 18.9 Å². The van der Waals surface area contributed by atoms with Gasteiger partial charge in [0.05, 0.1) is 0 Å². The molecule has 0 aliphatic carbocycles. The molecule has 0 amide bonds. The first-order valence-electron chi connectivity index (χ1n) is 6.66. The molecule has 0 radical (unpaired) electrons. The summed E-state index contributed by atoms with van der Waals surface area (Å²) in [4.78, 5) is 2.27. The van der Waals surface area contributed by atoms with Crippen LogP contribution in [0.25, 0.3) is 0 Å². The number of alkyl halides is 3. The molecule has 3 nitrogen and oxygen atoms in total. The van der Waals surface area contributed by atoms with E-state index in [2.05, 4.69) is 9.64 Å². The molecule has 1 aliphatic rings. The van der Waals surface area contributed by atoms with Crippen molar-refractivity contribution < 1.29 is 17.9 Å². The van der Waals surface area contributed by atoms with Crippen molar-refractivity contribution in [2.24, 2.45) is 11.7 Å². The molecular formula is C14H20ClF3N2O. The van der Waals surface area contributed by atoms with Gasteiger partial charge in [-0.1, -0.05) is 12.1 Å². The van der Waals surface area contributed by atoms with Crippen LogP contribution in [0.2, 0.25) is 0 Å². The molecule has 2 atom stereocenters. The molecule has 1 aromatic carbocycles. The third kappa shape index (κ3) is 5.73. The molecule has 0 aromatic heterocycles. The Morgan fingerprint density at radius 3 is 2.43 bits per heavy atom. The van der Waals surface area contributed by atoms with Gasteiger partial charge >= 0.3 is 6.36 Å². The summed E-state index contributed by atoms with van der Waals surface area (Å²) in [5, 5.41) is 0. The van der Waals surface area contributed by atoms with E-state index in [1.807, 2.05) is 6.92 Å². The Kier molecular flexibility index (Phi) is 6.31. The third-order valence-corrected chi connectivity index (χ3v) is 3.62. The maximum Gasteiger partial charge on any atom is 0.573 e. The lowest BCUT2D eigenvalue weighted by molar-refractivity contribution is -0.274. The van der Waals surface area contributed by atoms with Crippen molar-refractivity contribution in [1.29, 1.82) is 0 Å². The first-order valence-corrected chi connectivity index (χ1v) is 6.66. The number of hydrogen-bond donors (Lipinski definition) is 1. The predicted molar refractivity (Wildman–Crippen MR) is 77.4 cm³/mol. The van der Waals surface area contributed by atoms with Crippen LogP contribution in [0.4, 0.5) is 13.2 Å². The van der Waals surface area contributed by atoms with Crippen LogP contribution in [-0.2, 0) is 6.54 Å². The SMILES string of the molecule is CC(N)C1CCN(Cc2ccc(OC(F)(F)F)cc2)C1.Cl. The Bertz CT molecular complexity index is 437. The van der Waals surface area contributed by atoms with Crippen molar-refractivity contribution >= 4 is 12.4 Å². The van der Waals surface area contributed by atoms with Gasteiger partial charge in [-0.2, -0.15) is 0 Å². The zero-order chi connectivity index (χ0) is 14.8. The van der Waals surface area contributed by atoms with Crippen molar-refractivity contribution in [2.75, 3.05) is 13.1 Å². The van der Waals surface area contributed by atoms with E-state index in [1.165, 1.54) is 12.1 Å². The van der Waals surface area contributed by atoms with Crippen LogP contribution in [0.3, 0.4) is 0 Å². The summed E-state index contributed by atoms with van der Waals surface area (Å²) in [5.41, 5.74) is 6.86. The average molecular weight is 325 g/mol. The van der Waals surface area contributed by atoms with Gasteiger partial charge in [-0.25, -0.2) is 0 Å². The highest BCUT2D eigenvalue weighted by Gasteiger charge is 2.31. The maximum atomic E-state index is 12.0. The normalized spacial score (nSPS) is 20.9. The van der Waals surface area contributed by atoms with E-state index < -0.39 is 6.36 Å². The molecule has 1 saturated heterocycles. The second kappa shape index (κ2) is 7.33. The molecule has 21 heavy (non-hydrogen) atoms. The summed E-state index contributed by atoms with van der Waals surface area (Å²) in [6.45, 7) is 4.67. The van der Waals surface area contributed by atoms with Crippen LogP contribution in [0.5, 0.6) is 5.75 Å². The number of ether oxygens (including phenoxy) is 1. The number of rotatable bonds is 4. The van der Waals surface area contributed by atoms with E-state index in [0.29, 0.717) is 5.92 Å². The zero-order valence-corrected chi connectivity index (χ0v) is 12.6. The molecule has 0 saturated carbocycles. The summed E-state index contributed by atoms with van der Waals surface area (Å²) < 4.78 is 40.0. The van der Waals surface area contributed by atoms with Gasteiger partial charge < -0.3 is 10.5 Å². The van der Waals surface area contributed by atoms with Crippen LogP contribution in [0, 0.1) is 5.92 Å². The molecule has 1 fully saturated rings. The second-order valence-corrected chi connectivity index (χ2v) is 5.33. The fraction of sp³-hybridized carbons (Fsp3) is 0.571. The lowest BCUT2D eigenvalue weighted by Crippen LogP contribution is -2.29. The minimum absolute atomic E-state index is 0. The Morgan fingerprint density at radius 2 is 1.95 bits per heavy atom. The molecule has 2 rings (SSSR count). The Balaban J connectivity index is 0.00000220. The van der Waals surface area contributed by atoms with Gasteiger partial charge in [-0.3, -0.25) is 4.90 Å². The highest BCUT2D eigenvalue weighted by Crippen LogP contribution is 2.24. The van der Waals surface area contributed by atoms with E-state index in [9.17, 15) is 13.2 Å². The molecule has 0 spiro atoms. The van der Waals surface area contributed by atoms with E-state index in [1.54, 1.807) is 12.1 Å². The van der Waals surface area contributed by atoms with Crippen molar-refractivity contribution in [3.05, 3.63) is 29.8 Å². The van der Waals surface area contributed by atoms with Gasteiger partial charge in [-0.05, 0) is 43.5 Å². The summed E-state index contributed by atoms with van der Waals surface area (Å²) in [5.74, 6) is 0.318. The maximum absolute atomic E-state index is 12.0. The summed E-state index contributed by atoms with van der Waals surface area (Å²) in [7, 11) is 0. The highest BCUT2D eigenvalue weighted by atomic mass is 35.5. The number of halogens is 4. The zero-order valence-electron chi connectivity index (χ0n) is 11.8. The fourth-order valence-corrected chi connectivity index (χ4v) is 2.49. The van der Waals surface area contributed by atoms with Gasteiger partial charge in [0.15, 0.2) is 0 Å². The van der Waals surface area contributed by atoms with Crippen LogP contribution in [-0.4, -0.2) is 30.4 Å². The van der Waals surface area contributed by atoms with Gasteiger partial charge in [0, 0.05) is 19.1 Å². The number of hydrogen-bond acceptors (Lipinski definition) is 3. The molecular weight excluding hydrogens is 305 g/mol. The lowest BCUT2D eigenvalue weighted by Gasteiger charge is -2.18. The average Bonchev–Trinajstić information content (AvgIpc) is 2.78. The summed E-state index contributed by atoms with van der Waals surface area (Å²) in [6, 6.07) is 6.22. The van der Waals surface area contributed by atoms with E-state index in [4.69, 9.17) is 5.73 Å².